The fourth-order valence-electron chi connectivity index (χ4n) is 1.79. The van der Waals surface area contributed by atoms with E-state index in [0.717, 1.165) is 25.1 Å². The van der Waals surface area contributed by atoms with Crippen molar-refractivity contribution in [3.05, 3.63) is 29.0 Å². The van der Waals surface area contributed by atoms with Crippen molar-refractivity contribution in [2.24, 2.45) is 0 Å². The Labute approximate surface area is 115 Å². The first-order chi connectivity index (χ1) is 8.48. The number of hydrogen-bond donors (Lipinski definition) is 1. The van der Waals surface area contributed by atoms with Gasteiger partial charge in [-0.1, -0.05) is 18.5 Å². The molecule has 0 saturated heterocycles. The van der Waals surface area contributed by atoms with E-state index in [2.05, 4.69) is 31.1 Å². The number of ether oxygens (including phenoxy) is 1. The smallest absolute Gasteiger partial charge is 0.0623 e. The lowest BCUT2D eigenvalue weighted by Crippen LogP contribution is -2.27. The summed E-state index contributed by atoms with van der Waals surface area (Å²) in [5.41, 5.74) is 0.938. The highest BCUT2D eigenvalue weighted by molar-refractivity contribution is 6.30. The van der Waals surface area contributed by atoms with Crippen LogP contribution in [-0.2, 0) is 4.74 Å². The number of halogens is 1. The van der Waals surface area contributed by atoms with Crippen molar-refractivity contribution >= 4 is 11.6 Å². The van der Waals surface area contributed by atoms with Gasteiger partial charge in [0.25, 0.3) is 0 Å². The average molecular weight is 271 g/mol. The number of methoxy groups -OCH3 is 1. The molecule has 0 amide bonds. The standard InChI is InChI=1S/C14H23ClN2O/c1-5-16-13(8-9-14(2,3)18-4)12-7-6-11(15)10-17-12/h6-7,10,13,16H,5,8-9H2,1-4H3. The second-order valence-corrected chi connectivity index (χ2v) is 5.45. The van der Waals surface area contributed by atoms with E-state index in [1.165, 1.54) is 0 Å². The SMILES string of the molecule is CCNC(CCC(C)(C)OC)c1ccc(Cl)cn1. The Morgan fingerprint density at radius 1 is 1.44 bits per heavy atom. The Kier molecular flexibility index (Phi) is 6.06. The van der Waals surface area contributed by atoms with Gasteiger partial charge >= 0.3 is 0 Å². The predicted molar refractivity (Wildman–Crippen MR) is 76.0 cm³/mol. The molecule has 0 bridgehead atoms. The highest BCUT2D eigenvalue weighted by Gasteiger charge is 2.20. The van der Waals surface area contributed by atoms with Gasteiger partial charge in [-0.2, -0.15) is 0 Å². The molecular weight excluding hydrogens is 248 g/mol. The third-order valence-electron chi connectivity index (χ3n) is 3.15. The summed E-state index contributed by atoms with van der Waals surface area (Å²) in [5.74, 6) is 0. The molecule has 1 heterocycles. The van der Waals surface area contributed by atoms with E-state index >= 15 is 0 Å². The molecule has 102 valence electrons. The predicted octanol–water partition coefficient (Wildman–Crippen LogP) is 3.59. The van der Waals surface area contributed by atoms with E-state index in [0.29, 0.717) is 5.02 Å². The summed E-state index contributed by atoms with van der Waals surface area (Å²) in [6, 6.07) is 4.12. The zero-order valence-electron chi connectivity index (χ0n) is 11.7. The normalized spacial score (nSPS) is 13.6. The van der Waals surface area contributed by atoms with Crippen LogP contribution in [0.4, 0.5) is 0 Å². The summed E-state index contributed by atoms with van der Waals surface area (Å²) in [6.07, 6.45) is 3.66. The first-order valence-electron chi connectivity index (χ1n) is 6.38. The Morgan fingerprint density at radius 3 is 2.67 bits per heavy atom. The van der Waals surface area contributed by atoms with Crippen LogP contribution in [-0.4, -0.2) is 24.2 Å². The van der Waals surface area contributed by atoms with Crippen LogP contribution in [0.1, 0.15) is 45.3 Å². The van der Waals surface area contributed by atoms with Crippen molar-refractivity contribution in [1.82, 2.24) is 10.3 Å². The van der Waals surface area contributed by atoms with Gasteiger partial charge in [0.2, 0.25) is 0 Å². The third-order valence-corrected chi connectivity index (χ3v) is 3.37. The van der Waals surface area contributed by atoms with E-state index in [4.69, 9.17) is 16.3 Å². The van der Waals surface area contributed by atoms with Gasteiger partial charge in [-0.15, -0.1) is 0 Å². The quantitative estimate of drug-likeness (QED) is 0.822. The molecule has 1 aromatic rings. The van der Waals surface area contributed by atoms with Crippen molar-refractivity contribution in [1.29, 1.82) is 0 Å². The molecule has 0 radical (unpaired) electrons. The molecule has 0 fully saturated rings. The first kappa shape index (κ1) is 15.4. The minimum absolute atomic E-state index is 0.0971. The zero-order chi connectivity index (χ0) is 13.6. The Morgan fingerprint density at radius 2 is 2.17 bits per heavy atom. The van der Waals surface area contributed by atoms with E-state index in [1.54, 1.807) is 13.3 Å². The number of hydrogen-bond acceptors (Lipinski definition) is 3. The molecule has 0 aromatic carbocycles. The van der Waals surface area contributed by atoms with Crippen molar-refractivity contribution in [2.75, 3.05) is 13.7 Å². The van der Waals surface area contributed by atoms with Crippen LogP contribution >= 0.6 is 11.6 Å². The molecule has 1 rings (SSSR count). The monoisotopic (exact) mass is 270 g/mol. The molecule has 4 heteroatoms. The lowest BCUT2D eigenvalue weighted by Gasteiger charge is -2.26. The molecule has 1 N–H and O–H groups in total. The molecule has 1 unspecified atom stereocenters. The summed E-state index contributed by atoms with van der Waals surface area (Å²) < 4.78 is 5.45. The molecule has 0 aliphatic carbocycles. The number of nitrogens with one attached hydrogen (secondary N) is 1. The third kappa shape index (κ3) is 4.92. The zero-order valence-corrected chi connectivity index (χ0v) is 12.4. The maximum absolute atomic E-state index is 5.86. The maximum atomic E-state index is 5.86. The second-order valence-electron chi connectivity index (χ2n) is 5.01. The second kappa shape index (κ2) is 7.07. The number of pyridine rings is 1. The van der Waals surface area contributed by atoms with Gasteiger partial charge in [0, 0.05) is 19.3 Å². The summed E-state index contributed by atoms with van der Waals surface area (Å²) in [5, 5.41) is 4.13. The highest BCUT2D eigenvalue weighted by Crippen LogP contribution is 2.24. The summed E-state index contributed by atoms with van der Waals surface area (Å²) in [7, 11) is 1.75. The highest BCUT2D eigenvalue weighted by atomic mass is 35.5. The van der Waals surface area contributed by atoms with Gasteiger partial charge in [0.1, 0.15) is 0 Å². The Hall–Kier alpha value is -0.640. The fraction of sp³-hybridized carbons (Fsp3) is 0.643. The minimum Gasteiger partial charge on any atom is -0.379 e. The van der Waals surface area contributed by atoms with Gasteiger partial charge in [0.05, 0.1) is 16.3 Å². The largest absolute Gasteiger partial charge is 0.379 e. The van der Waals surface area contributed by atoms with Crippen molar-refractivity contribution in [2.45, 2.75) is 45.3 Å². The topological polar surface area (TPSA) is 34.1 Å². The minimum atomic E-state index is -0.0971. The van der Waals surface area contributed by atoms with Gasteiger partial charge in [-0.05, 0) is 45.4 Å². The maximum Gasteiger partial charge on any atom is 0.0623 e. The van der Waals surface area contributed by atoms with Crippen molar-refractivity contribution in [3.63, 3.8) is 0 Å². The van der Waals surface area contributed by atoms with Crippen LogP contribution in [0.2, 0.25) is 5.02 Å². The molecule has 0 saturated carbocycles. The Balaban J connectivity index is 2.68. The van der Waals surface area contributed by atoms with E-state index in [9.17, 15) is 0 Å². The molecule has 1 aromatic heterocycles. The van der Waals surface area contributed by atoms with Gasteiger partial charge in [-0.25, -0.2) is 0 Å². The van der Waals surface area contributed by atoms with Gasteiger partial charge in [0.15, 0.2) is 0 Å². The molecule has 3 nitrogen and oxygen atoms in total. The lowest BCUT2D eigenvalue weighted by atomic mass is 9.97. The molecule has 1 atom stereocenters. The molecular formula is C14H23ClN2O. The number of nitrogens with zero attached hydrogens (tertiary/aromatic N) is 1. The fourth-order valence-corrected chi connectivity index (χ4v) is 1.90. The average Bonchev–Trinajstić information content (AvgIpc) is 2.36. The molecule has 18 heavy (non-hydrogen) atoms. The van der Waals surface area contributed by atoms with E-state index in [-0.39, 0.29) is 11.6 Å². The number of rotatable bonds is 7. The number of aromatic nitrogens is 1. The van der Waals surface area contributed by atoms with E-state index < -0.39 is 0 Å². The van der Waals surface area contributed by atoms with Crippen LogP contribution in [0.3, 0.4) is 0 Å². The summed E-state index contributed by atoms with van der Waals surface area (Å²) >= 11 is 5.86. The van der Waals surface area contributed by atoms with Crippen LogP contribution in [0.25, 0.3) is 0 Å². The lowest BCUT2D eigenvalue weighted by molar-refractivity contribution is 0.0116. The molecule has 0 aliphatic rings. The van der Waals surface area contributed by atoms with Crippen LogP contribution in [0.5, 0.6) is 0 Å². The van der Waals surface area contributed by atoms with Crippen molar-refractivity contribution < 1.29 is 4.74 Å². The first-order valence-corrected chi connectivity index (χ1v) is 6.76. The summed E-state index contributed by atoms with van der Waals surface area (Å²) in [6.45, 7) is 7.23. The molecule has 0 aliphatic heterocycles. The van der Waals surface area contributed by atoms with Crippen LogP contribution < -0.4 is 5.32 Å². The van der Waals surface area contributed by atoms with Gasteiger partial charge in [-0.3, -0.25) is 4.98 Å². The summed E-state index contributed by atoms with van der Waals surface area (Å²) in [4.78, 5) is 4.39. The Bertz CT molecular complexity index is 351. The van der Waals surface area contributed by atoms with E-state index in [1.807, 2.05) is 12.1 Å². The van der Waals surface area contributed by atoms with Crippen LogP contribution in [0, 0.1) is 0 Å². The van der Waals surface area contributed by atoms with Crippen LogP contribution in [0.15, 0.2) is 18.3 Å². The van der Waals surface area contributed by atoms with Crippen molar-refractivity contribution in [3.8, 4) is 0 Å². The van der Waals surface area contributed by atoms with Gasteiger partial charge < -0.3 is 10.1 Å². The molecule has 0 spiro atoms.